The number of carbonyl (C=O) groups is 4. The van der Waals surface area contributed by atoms with Gasteiger partial charge >= 0.3 is 6.09 Å². The van der Waals surface area contributed by atoms with E-state index in [0.717, 1.165) is 37.0 Å². The molecule has 0 radical (unpaired) electrons. The molecule has 15 nitrogen and oxygen atoms in total. The summed E-state index contributed by atoms with van der Waals surface area (Å²) in [5, 5.41) is 12.4. The molecule has 1 aromatic heterocycles. The lowest BCUT2D eigenvalue weighted by atomic mass is 9.85. The van der Waals surface area contributed by atoms with E-state index in [1.54, 1.807) is 0 Å². The minimum Gasteiger partial charge on any atom is -0.497 e. The van der Waals surface area contributed by atoms with Crippen LogP contribution in [0.5, 0.6) is 11.6 Å². The second-order valence-electron chi connectivity index (χ2n) is 15.6. The number of nitrogens with zero attached hydrogens (tertiary/aromatic N) is 3. The molecule has 0 unspecified atom stereocenters. The number of aromatic nitrogens is 2. The summed E-state index contributed by atoms with van der Waals surface area (Å²) in [6.45, 7) is 0.121. The van der Waals surface area contributed by atoms with Gasteiger partial charge in [0, 0.05) is 18.4 Å². The lowest BCUT2D eigenvalue weighted by molar-refractivity contribution is -0.140. The first-order valence-corrected chi connectivity index (χ1v) is 20.8. The first kappa shape index (κ1) is 42.1. The number of hydrogen-bond donors (Lipinski definition) is 4. The quantitative estimate of drug-likeness (QED) is 0.129. The first-order chi connectivity index (χ1) is 27.0. The van der Waals surface area contributed by atoms with E-state index in [-0.39, 0.29) is 30.3 Å². The highest BCUT2D eigenvalue weighted by Gasteiger charge is 2.67. The summed E-state index contributed by atoms with van der Waals surface area (Å²) in [5.74, 6) is -9.56. The zero-order valence-electron chi connectivity index (χ0n) is 31.6. The van der Waals surface area contributed by atoms with Gasteiger partial charge < -0.3 is 30.1 Å². The maximum absolute atomic E-state index is 16.2. The van der Waals surface area contributed by atoms with Gasteiger partial charge in [-0.1, -0.05) is 51.9 Å². The fourth-order valence-corrected chi connectivity index (χ4v) is 9.37. The third-order valence-electron chi connectivity index (χ3n) is 11.6. The molecule has 3 saturated carbocycles. The molecular formula is C37H48F4N6O9S. The Morgan fingerprint density at radius 1 is 1.05 bits per heavy atom. The monoisotopic (exact) mass is 828 g/mol. The standard InChI is InChI=1S/C37H48F4N6O9S/c1-20-27(56-33-30(43-25-14-11-22(55-2)16-26(25)44-33)37(40,41)15-7-6-10-21-8-4-3-5-9-21)19-47(28(48)18-42-35(51)52)29(20)32(49)45-36(17-24(36)31(38)39)34(50)46-57(53,54)23-12-13-23/h11,14,16,20-21,23-24,27,29,31,42H,3-10,12-13,15,17-19H2,1-2H3,(H,45,49)(H,46,50)(H,51,52)/t20-,24+,27+,29+,36-/m1/s1. The number of methoxy groups -OCH3 is 1. The van der Waals surface area contributed by atoms with Gasteiger partial charge in [-0.05, 0) is 43.7 Å². The highest BCUT2D eigenvalue weighted by atomic mass is 32.2. The van der Waals surface area contributed by atoms with Crippen LogP contribution >= 0.6 is 0 Å². The van der Waals surface area contributed by atoms with Crippen molar-refractivity contribution in [1.29, 1.82) is 0 Å². The number of fused-ring (bicyclic) bond motifs is 1. The molecular weight excluding hydrogens is 780 g/mol. The summed E-state index contributed by atoms with van der Waals surface area (Å²) in [4.78, 5) is 61.5. The predicted molar refractivity (Wildman–Crippen MR) is 195 cm³/mol. The highest BCUT2D eigenvalue weighted by molar-refractivity contribution is 7.91. The van der Waals surface area contributed by atoms with Crippen LogP contribution in [0, 0.1) is 17.8 Å². The number of ether oxygens (including phenoxy) is 2. The van der Waals surface area contributed by atoms with Gasteiger partial charge in [-0.2, -0.15) is 8.78 Å². The Morgan fingerprint density at radius 3 is 2.40 bits per heavy atom. The van der Waals surface area contributed by atoms with E-state index in [4.69, 9.17) is 14.6 Å². The van der Waals surface area contributed by atoms with Crippen molar-refractivity contribution in [1.82, 2.24) is 30.2 Å². The maximum Gasteiger partial charge on any atom is 0.405 e. The summed E-state index contributed by atoms with van der Waals surface area (Å²) < 4.78 is 98.8. The van der Waals surface area contributed by atoms with Crippen molar-refractivity contribution < 1.29 is 59.7 Å². The maximum atomic E-state index is 16.2. The predicted octanol–water partition coefficient (Wildman–Crippen LogP) is 4.48. The Kier molecular flexibility index (Phi) is 12.4. The largest absolute Gasteiger partial charge is 0.497 e. The number of rotatable bonds is 17. The van der Waals surface area contributed by atoms with Gasteiger partial charge in [0.2, 0.25) is 34.1 Å². The second-order valence-corrected chi connectivity index (χ2v) is 17.6. The van der Waals surface area contributed by atoms with Crippen LogP contribution in [-0.4, -0.2) is 102 Å². The van der Waals surface area contributed by atoms with Gasteiger partial charge in [0.15, 0.2) is 5.69 Å². The molecule has 2 aromatic rings. The van der Waals surface area contributed by atoms with Crippen LogP contribution in [0.1, 0.15) is 89.7 Å². The molecule has 1 aliphatic heterocycles. The fraction of sp³-hybridized carbons (Fsp3) is 0.676. The number of sulfonamides is 1. The Bertz CT molecular complexity index is 1970. The van der Waals surface area contributed by atoms with Crippen LogP contribution < -0.4 is 24.8 Å². The van der Waals surface area contributed by atoms with Crippen LogP contribution in [0.15, 0.2) is 18.2 Å². The van der Waals surface area contributed by atoms with E-state index in [1.165, 1.54) is 38.7 Å². The summed E-state index contributed by atoms with van der Waals surface area (Å²) in [5.41, 5.74) is -2.84. The summed E-state index contributed by atoms with van der Waals surface area (Å²) in [7, 11) is -2.80. The number of halogens is 4. The smallest absolute Gasteiger partial charge is 0.405 e. The van der Waals surface area contributed by atoms with E-state index in [2.05, 4.69) is 15.3 Å². The van der Waals surface area contributed by atoms with Crippen molar-refractivity contribution in [3.8, 4) is 11.6 Å². The number of alkyl halides is 4. The topological polar surface area (TPSA) is 206 Å². The average Bonchev–Trinajstić information content (AvgIpc) is 4.10. The molecule has 1 saturated heterocycles. The van der Waals surface area contributed by atoms with Gasteiger partial charge in [0.05, 0.1) is 35.9 Å². The van der Waals surface area contributed by atoms with E-state index in [1.807, 2.05) is 10.0 Å². The number of carboxylic acid groups (broad SMARTS) is 1. The number of unbranched alkanes of at least 4 members (excludes halogenated alkanes) is 1. The molecule has 4 aliphatic rings. The fourth-order valence-electron chi connectivity index (χ4n) is 8.01. The molecule has 0 spiro atoms. The van der Waals surface area contributed by atoms with Crippen molar-refractivity contribution in [3.63, 3.8) is 0 Å². The van der Waals surface area contributed by atoms with Crippen LogP contribution in [-0.2, 0) is 30.3 Å². The molecule has 6 rings (SSSR count). The first-order valence-electron chi connectivity index (χ1n) is 19.3. The van der Waals surface area contributed by atoms with Gasteiger partial charge in [0.1, 0.15) is 30.0 Å². The van der Waals surface area contributed by atoms with E-state index >= 15 is 8.78 Å². The Morgan fingerprint density at radius 2 is 1.77 bits per heavy atom. The highest BCUT2D eigenvalue weighted by Crippen LogP contribution is 2.49. The van der Waals surface area contributed by atoms with Crippen molar-refractivity contribution in [2.45, 2.75) is 119 Å². The van der Waals surface area contributed by atoms with E-state index < -0.39 is 118 Å². The number of benzene rings is 1. The molecule has 0 bridgehead atoms. The van der Waals surface area contributed by atoms with Crippen LogP contribution in [0.25, 0.3) is 11.0 Å². The van der Waals surface area contributed by atoms with Crippen molar-refractivity contribution in [2.75, 3.05) is 20.2 Å². The molecule has 1 aromatic carbocycles. The summed E-state index contributed by atoms with van der Waals surface area (Å²) in [6.07, 6.45) is 0.659. The molecule has 4 amide bonds. The minimum absolute atomic E-state index is 0.124. The molecule has 3 aliphatic carbocycles. The van der Waals surface area contributed by atoms with Crippen molar-refractivity contribution >= 4 is 44.9 Å². The average molecular weight is 829 g/mol. The Balaban J connectivity index is 1.27. The van der Waals surface area contributed by atoms with Crippen LogP contribution in [0.2, 0.25) is 0 Å². The van der Waals surface area contributed by atoms with Crippen molar-refractivity contribution in [2.24, 2.45) is 17.8 Å². The SMILES string of the molecule is COc1ccc2nc(C(F)(F)CCCCC3CCCCC3)c(O[C@H]3CN(C(=O)CNC(=O)O)[C@H](C(=O)N[C@]4(C(=O)NS(=O)(=O)C5CC5)C[C@H]4C(F)F)[C@@H]3C)nc2c1. The third-order valence-corrected chi connectivity index (χ3v) is 13.4. The van der Waals surface area contributed by atoms with Gasteiger partial charge in [-0.3, -0.25) is 19.1 Å². The molecule has 20 heteroatoms. The number of nitrogens with one attached hydrogen (secondary N) is 3. The number of likely N-dealkylation sites (tertiary alicyclic amines) is 1. The van der Waals surface area contributed by atoms with E-state index in [9.17, 15) is 36.4 Å². The zero-order chi connectivity index (χ0) is 41.3. The molecule has 2 heterocycles. The van der Waals surface area contributed by atoms with Crippen molar-refractivity contribution in [3.05, 3.63) is 23.9 Å². The van der Waals surface area contributed by atoms with Crippen LogP contribution in [0.4, 0.5) is 22.4 Å². The van der Waals surface area contributed by atoms with Gasteiger partial charge in [0.25, 0.3) is 11.8 Å². The van der Waals surface area contributed by atoms with Crippen LogP contribution in [0.3, 0.4) is 0 Å². The van der Waals surface area contributed by atoms with E-state index in [0.29, 0.717) is 18.1 Å². The normalized spacial score (nSPS) is 25.3. The summed E-state index contributed by atoms with van der Waals surface area (Å²) >= 11 is 0. The lowest BCUT2D eigenvalue weighted by Crippen LogP contribution is -2.58. The molecule has 4 fully saturated rings. The lowest BCUT2D eigenvalue weighted by Gasteiger charge is -2.28. The number of amides is 4. The summed E-state index contributed by atoms with van der Waals surface area (Å²) in [6, 6.07) is 2.85. The van der Waals surface area contributed by atoms with Gasteiger partial charge in [-0.25, -0.2) is 32.0 Å². The Hall–Kier alpha value is -4.49. The third kappa shape index (κ3) is 9.46. The number of hydrogen-bond acceptors (Lipinski definition) is 10. The molecule has 5 atom stereocenters. The minimum atomic E-state index is -4.20. The molecule has 314 valence electrons. The number of carbonyl (C=O) groups excluding carboxylic acids is 3. The van der Waals surface area contributed by atoms with Gasteiger partial charge in [-0.15, -0.1) is 0 Å². The molecule has 57 heavy (non-hydrogen) atoms. The molecule has 4 N–H and O–H groups in total. The Labute approximate surface area is 327 Å². The zero-order valence-corrected chi connectivity index (χ0v) is 32.5. The second kappa shape index (κ2) is 16.8.